The number of ketones is 1. The van der Waals surface area contributed by atoms with Crippen LogP contribution in [0, 0.1) is 0 Å². The van der Waals surface area contributed by atoms with E-state index in [0.29, 0.717) is 6.54 Å². The molecular weight excluding hydrogens is 374 g/mol. The van der Waals surface area contributed by atoms with Gasteiger partial charge in [-0.2, -0.15) is 0 Å². The lowest BCUT2D eigenvalue weighted by molar-refractivity contribution is 0.0784. The van der Waals surface area contributed by atoms with Gasteiger partial charge < -0.3 is 4.90 Å². The molecule has 0 aliphatic carbocycles. The summed E-state index contributed by atoms with van der Waals surface area (Å²) in [7, 11) is -2.21. The number of amides is 1. The van der Waals surface area contributed by atoms with Gasteiger partial charge in [0, 0.05) is 30.3 Å². The highest BCUT2D eigenvalue weighted by molar-refractivity contribution is 7.91. The van der Waals surface area contributed by atoms with Gasteiger partial charge >= 0.3 is 0 Å². The van der Waals surface area contributed by atoms with E-state index in [1.165, 1.54) is 35.2 Å². The van der Waals surface area contributed by atoms with E-state index < -0.39 is 9.84 Å². The van der Waals surface area contributed by atoms with Crippen molar-refractivity contribution >= 4 is 21.5 Å². The van der Waals surface area contributed by atoms with Crippen LogP contribution < -0.4 is 0 Å². The first kappa shape index (κ1) is 18.1. The Morgan fingerprint density at radius 2 is 1.50 bits per heavy atom. The third-order valence-corrected chi connectivity index (χ3v) is 6.64. The molecule has 1 aliphatic heterocycles. The molecule has 0 atom stereocenters. The van der Waals surface area contributed by atoms with Gasteiger partial charge in [-0.25, -0.2) is 8.42 Å². The number of benzene rings is 3. The predicted molar refractivity (Wildman–Crippen MR) is 104 cm³/mol. The molecule has 5 nitrogen and oxygen atoms in total. The number of sulfone groups is 1. The Morgan fingerprint density at radius 3 is 2.25 bits per heavy atom. The number of rotatable bonds is 3. The molecule has 1 aliphatic rings. The number of hydrogen-bond acceptors (Lipinski definition) is 4. The summed E-state index contributed by atoms with van der Waals surface area (Å²) in [4.78, 5) is 26.9. The van der Waals surface area contributed by atoms with Crippen LogP contribution in [0.5, 0.6) is 0 Å². The Morgan fingerprint density at radius 1 is 0.857 bits per heavy atom. The Kier molecular flexibility index (Phi) is 4.35. The van der Waals surface area contributed by atoms with Crippen molar-refractivity contribution in [2.24, 2.45) is 0 Å². The minimum Gasteiger partial charge on any atom is -0.337 e. The molecule has 3 aromatic rings. The minimum atomic E-state index is -3.87. The van der Waals surface area contributed by atoms with Crippen molar-refractivity contribution in [2.75, 3.05) is 7.05 Å². The number of carbonyl (C=O) groups is 2. The van der Waals surface area contributed by atoms with Crippen molar-refractivity contribution in [3.8, 4) is 0 Å². The van der Waals surface area contributed by atoms with Crippen molar-refractivity contribution in [3.05, 3.63) is 95.1 Å². The van der Waals surface area contributed by atoms with Crippen LogP contribution in [-0.4, -0.2) is 32.1 Å². The van der Waals surface area contributed by atoms with Crippen LogP contribution in [-0.2, 0) is 16.4 Å². The van der Waals surface area contributed by atoms with Gasteiger partial charge in [0.2, 0.25) is 9.84 Å². The molecule has 3 aromatic carbocycles. The van der Waals surface area contributed by atoms with Crippen molar-refractivity contribution in [1.82, 2.24) is 4.90 Å². The summed E-state index contributed by atoms with van der Waals surface area (Å²) in [6, 6.07) is 19.9. The summed E-state index contributed by atoms with van der Waals surface area (Å²) < 4.78 is 26.0. The highest BCUT2D eigenvalue weighted by Gasteiger charge is 2.35. The third kappa shape index (κ3) is 2.92. The molecule has 0 unspecified atom stereocenters. The summed E-state index contributed by atoms with van der Waals surface area (Å²) in [5.41, 5.74) is 1.46. The van der Waals surface area contributed by atoms with E-state index in [1.54, 1.807) is 19.2 Å². The van der Waals surface area contributed by atoms with E-state index in [-0.39, 0.29) is 38.2 Å². The molecule has 0 spiro atoms. The second kappa shape index (κ2) is 6.73. The lowest BCUT2D eigenvalue weighted by atomic mass is 10.0. The molecule has 0 saturated heterocycles. The normalized spacial score (nSPS) is 14.1. The quantitative estimate of drug-likeness (QED) is 0.537. The Balaban J connectivity index is 1.72. The standard InChI is InChI=1S/C22H17NO4S/c1-23(14-15-7-3-2-4-8-15)22(25)16-11-12-18-20(13-16)28(26,27)19-10-6-5-9-17(19)21(18)24/h2-13H,14H2,1H3. The summed E-state index contributed by atoms with van der Waals surface area (Å²) >= 11 is 0. The van der Waals surface area contributed by atoms with Gasteiger partial charge in [-0.15, -0.1) is 0 Å². The minimum absolute atomic E-state index is 0.0188. The van der Waals surface area contributed by atoms with Gasteiger partial charge in [0.25, 0.3) is 5.91 Å². The van der Waals surface area contributed by atoms with Gasteiger partial charge in [0.05, 0.1) is 9.79 Å². The van der Waals surface area contributed by atoms with Crippen molar-refractivity contribution in [3.63, 3.8) is 0 Å². The topological polar surface area (TPSA) is 71.5 Å². The maximum atomic E-state index is 13.0. The summed E-state index contributed by atoms with van der Waals surface area (Å²) in [6.45, 7) is 0.394. The van der Waals surface area contributed by atoms with Gasteiger partial charge in [0.1, 0.15) is 0 Å². The molecule has 0 radical (unpaired) electrons. The van der Waals surface area contributed by atoms with E-state index in [0.717, 1.165) is 5.56 Å². The number of fused-ring (bicyclic) bond motifs is 2. The fourth-order valence-corrected chi connectivity index (χ4v) is 5.04. The molecule has 28 heavy (non-hydrogen) atoms. The smallest absolute Gasteiger partial charge is 0.253 e. The van der Waals surface area contributed by atoms with Crippen LogP contribution in [0.1, 0.15) is 31.8 Å². The van der Waals surface area contributed by atoms with Gasteiger partial charge in [0.15, 0.2) is 5.78 Å². The molecule has 6 heteroatoms. The average Bonchev–Trinajstić information content (AvgIpc) is 2.72. The number of hydrogen-bond donors (Lipinski definition) is 0. The fraction of sp³-hybridized carbons (Fsp3) is 0.0909. The molecule has 0 bridgehead atoms. The second-order valence-electron chi connectivity index (χ2n) is 6.69. The second-order valence-corrected chi connectivity index (χ2v) is 8.57. The highest BCUT2D eigenvalue weighted by Crippen LogP contribution is 2.34. The number of carbonyl (C=O) groups excluding carboxylic acids is 2. The molecule has 1 amide bonds. The largest absolute Gasteiger partial charge is 0.337 e. The monoisotopic (exact) mass is 391 g/mol. The van der Waals surface area contributed by atoms with Gasteiger partial charge in [-0.05, 0) is 35.9 Å². The van der Waals surface area contributed by atoms with Crippen LogP contribution in [0.25, 0.3) is 0 Å². The first-order valence-corrected chi connectivity index (χ1v) is 10.2. The molecule has 140 valence electrons. The summed E-state index contributed by atoms with van der Waals surface area (Å²) in [5.74, 6) is -0.662. The van der Waals surface area contributed by atoms with Crippen LogP contribution in [0.2, 0.25) is 0 Å². The SMILES string of the molecule is CN(Cc1ccccc1)C(=O)c1ccc2c(c1)S(=O)(=O)c1ccccc1C2=O. The third-order valence-electron chi connectivity index (χ3n) is 4.79. The molecule has 4 rings (SSSR count). The first-order chi connectivity index (χ1) is 13.4. The van der Waals surface area contributed by atoms with Crippen LogP contribution in [0.3, 0.4) is 0 Å². The summed E-state index contributed by atoms with van der Waals surface area (Å²) in [6.07, 6.45) is 0. The fourth-order valence-electron chi connectivity index (χ4n) is 3.37. The van der Waals surface area contributed by atoms with E-state index in [9.17, 15) is 18.0 Å². The van der Waals surface area contributed by atoms with Crippen LogP contribution in [0.15, 0.2) is 82.6 Å². The molecule has 0 fully saturated rings. The van der Waals surface area contributed by atoms with Crippen LogP contribution in [0.4, 0.5) is 0 Å². The zero-order valence-electron chi connectivity index (χ0n) is 15.1. The molecular formula is C22H17NO4S. The molecule has 0 N–H and O–H groups in total. The number of nitrogens with zero attached hydrogens (tertiary/aromatic N) is 1. The van der Waals surface area contributed by atoms with Crippen LogP contribution >= 0.6 is 0 Å². The maximum Gasteiger partial charge on any atom is 0.253 e. The van der Waals surface area contributed by atoms with E-state index in [2.05, 4.69) is 0 Å². The van der Waals surface area contributed by atoms with Gasteiger partial charge in [-0.3, -0.25) is 9.59 Å². The average molecular weight is 391 g/mol. The van der Waals surface area contributed by atoms with Crippen molar-refractivity contribution < 1.29 is 18.0 Å². The van der Waals surface area contributed by atoms with Crippen molar-refractivity contribution in [2.45, 2.75) is 16.3 Å². The Labute approximate surface area is 163 Å². The van der Waals surface area contributed by atoms with E-state index in [1.807, 2.05) is 30.3 Å². The maximum absolute atomic E-state index is 13.0. The Hall–Kier alpha value is -3.25. The lowest BCUT2D eigenvalue weighted by Gasteiger charge is -2.21. The Bertz CT molecular complexity index is 1200. The molecule has 1 heterocycles. The molecule has 0 aromatic heterocycles. The highest BCUT2D eigenvalue weighted by atomic mass is 32.2. The zero-order valence-corrected chi connectivity index (χ0v) is 15.9. The van der Waals surface area contributed by atoms with Gasteiger partial charge in [-0.1, -0.05) is 42.5 Å². The zero-order chi connectivity index (χ0) is 19.9. The van der Waals surface area contributed by atoms with E-state index in [4.69, 9.17) is 0 Å². The summed E-state index contributed by atoms with van der Waals surface area (Å²) in [5, 5.41) is 0. The first-order valence-electron chi connectivity index (χ1n) is 8.72. The van der Waals surface area contributed by atoms with E-state index >= 15 is 0 Å². The lowest BCUT2D eigenvalue weighted by Crippen LogP contribution is -2.27. The van der Waals surface area contributed by atoms with Crippen molar-refractivity contribution in [1.29, 1.82) is 0 Å². The predicted octanol–water partition coefficient (Wildman–Crippen LogP) is 3.34. The molecule has 0 saturated carbocycles.